The van der Waals surface area contributed by atoms with Crippen molar-refractivity contribution in [2.45, 2.75) is 31.5 Å². The molecular weight excluding hydrogens is 282 g/mol. The molecule has 4 atom stereocenters. The predicted molar refractivity (Wildman–Crippen MR) is 79.5 cm³/mol. The molecular formula is C16H23N3O3. The van der Waals surface area contributed by atoms with Crippen molar-refractivity contribution in [1.82, 2.24) is 15.0 Å². The topological polar surface area (TPSA) is 58.8 Å². The number of aryl methyl sites for hydroxylation is 1. The van der Waals surface area contributed by atoms with Crippen molar-refractivity contribution in [3.8, 4) is 0 Å². The van der Waals surface area contributed by atoms with Crippen LogP contribution in [0.15, 0.2) is 10.6 Å². The van der Waals surface area contributed by atoms with E-state index < -0.39 is 0 Å². The van der Waals surface area contributed by atoms with E-state index >= 15 is 0 Å². The van der Waals surface area contributed by atoms with E-state index in [1.54, 1.807) is 13.0 Å². The van der Waals surface area contributed by atoms with Crippen LogP contribution < -0.4 is 0 Å². The van der Waals surface area contributed by atoms with E-state index in [0.717, 1.165) is 25.9 Å². The Bertz CT molecular complexity index is 599. The summed E-state index contributed by atoms with van der Waals surface area (Å²) in [4.78, 5) is 16.8. The van der Waals surface area contributed by atoms with Gasteiger partial charge in [0.25, 0.3) is 5.91 Å². The van der Waals surface area contributed by atoms with Gasteiger partial charge in [-0.3, -0.25) is 4.79 Å². The molecule has 0 saturated carbocycles. The Morgan fingerprint density at radius 1 is 1.55 bits per heavy atom. The van der Waals surface area contributed by atoms with Crippen LogP contribution >= 0.6 is 0 Å². The van der Waals surface area contributed by atoms with E-state index in [2.05, 4.69) is 24.2 Å². The van der Waals surface area contributed by atoms with Crippen LogP contribution in [0.2, 0.25) is 0 Å². The van der Waals surface area contributed by atoms with Gasteiger partial charge < -0.3 is 19.1 Å². The SMILES string of the molecule is Cc1cc(C(=O)N2C[C@H]3[C@@H](CN(C)C)[C@@H]4CC[C@@]3(C2)O4)no1. The van der Waals surface area contributed by atoms with Crippen molar-refractivity contribution in [1.29, 1.82) is 0 Å². The van der Waals surface area contributed by atoms with Crippen LogP contribution in [0.1, 0.15) is 29.1 Å². The van der Waals surface area contributed by atoms with Gasteiger partial charge in [-0.25, -0.2) is 0 Å². The van der Waals surface area contributed by atoms with Crippen molar-refractivity contribution >= 4 is 5.91 Å². The molecule has 6 heteroatoms. The van der Waals surface area contributed by atoms with E-state index in [1.807, 2.05) is 4.90 Å². The van der Waals surface area contributed by atoms with Crippen LogP contribution in [0, 0.1) is 18.8 Å². The second kappa shape index (κ2) is 4.80. The summed E-state index contributed by atoms with van der Waals surface area (Å²) in [5.74, 6) is 1.62. The number of carbonyl (C=O) groups excluding carboxylic acids is 1. The highest BCUT2D eigenvalue weighted by Gasteiger charge is 2.63. The first-order valence-electron chi connectivity index (χ1n) is 8.04. The number of fused-ring (bicyclic) bond motifs is 1. The van der Waals surface area contributed by atoms with Crippen LogP contribution in [0.25, 0.3) is 0 Å². The highest BCUT2D eigenvalue weighted by Crippen LogP contribution is 2.55. The zero-order chi connectivity index (χ0) is 15.5. The fourth-order valence-electron chi connectivity index (χ4n) is 4.64. The zero-order valence-electron chi connectivity index (χ0n) is 13.4. The molecule has 22 heavy (non-hydrogen) atoms. The average molecular weight is 305 g/mol. The summed E-state index contributed by atoms with van der Waals surface area (Å²) in [5.41, 5.74) is 0.298. The number of hydrogen-bond acceptors (Lipinski definition) is 5. The van der Waals surface area contributed by atoms with Crippen molar-refractivity contribution in [3.05, 3.63) is 17.5 Å². The predicted octanol–water partition coefficient (Wildman–Crippen LogP) is 1.16. The summed E-state index contributed by atoms with van der Waals surface area (Å²) in [7, 11) is 4.21. The molecule has 2 bridgehead atoms. The van der Waals surface area contributed by atoms with Crippen LogP contribution in [0.5, 0.6) is 0 Å². The Morgan fingerprint density at radius 2 is 2.36 bits per heavy atom. The van der Waals surface area contributed by atoms with Crippen LogP contribution in [0.3, 0.4) is 0 Å². The molecule has 0 aliphatic carbocycles. The quantitative estimate of drug-likeness (QED) is 0.839. The van der Waals surface area contributed by atoms with Gasteiger partial charge in [0.2, 0.25) is 0 Å². The third kappa shape index (κ3) is 2.01. The lowest BCUT2D eigenvalue weighted by molar-refractivity contribution is 0.00246. The van der Waals surface area contributed by atoms with Crippen molar-refractivity contribution in [2.75, 3.05) is 33.7 Å². The van der Waals surface area contributed by atoms with Gasteiger partial charge in [-0.05, 0) is 33.9 Å². The molecule has 1 aromatic heterocycles. The Balaban J connectivity index is 1.54. The maximum atomic E-state index is 12.6. The van der Waals surface area contributed by atoms with Gasteiger partial charge in [-0.15, -0.1) is 0 Å². The number of nitrogens with zero attached hydrogens (tertiary/aromatic N) is 3. The minimum atomic E-state index is -0.111. The third-order valence-corrected chi connectivity index (χ3v) is 5.49. The maximum absolute atomic E-state index is 12.6. The second-order valence-corrected chi connectivity index (χ2v) is 7.30. The van der Waals surface area contributed by atoms with Crippen molar-refractivity contribution in [3.63, 3.8) is 0 Å². The summed E-state index contributed by atoms with van der Waals surface area (Å²) in [5, 5.41) is 3.87. The first-order valence-corrected chi connectivity index (χ1v) is 8.04. The Hall–Kier alpha value is -1.40. The van der Waals surface area contributed by atoms with Gasteiger partial charge >= 0.3 is 0 Å². The molecule has 0 N–H and O–H groups in total. The molecule has 4 heterocycles. The summed E-state index contributed by atoms with van der Waals surface area (Å²) in [6.07, 6.45) is 2.58. The van der Waals surface area contributed by atoms with E-state index in [-0.39, 0.29) is 11.5 Å². The molecule has 3 saturated heterocycles. The van der Waals surface area contributed by atoms with Gasteiger partial charge in [0.15, 0.2) is 5.69 Å². The summed E-state index contributed by atoms with van der Waals surface area (Å²) >= 11 is 0. The highest BCUT2D eigenvalue weighted by molar-refractivity contribution is 5.92. The number of carbonyl (C=O) groups is 1. The lowest BCUT2D eigenvalue weighted by Crippen LogP contribution is -2.40. The molecule has 0 aromatic carbocycles. The van der Waals surface area contributed by atoms with Gasteiger partial charge in [0.05, 0.1) is 18.2 Å². The number of rotatable bonds is 3. The maximum Gasteiger partial charge on any atom is 0.276 e. The van der Waals surface area contributed by atoms with E-state index in [1.165, 1.54) is 0 Å². The first kappa shape index (κ1) is 14.2. The standard InChI is InChI=1S/C16H23N3O3/c1-10-6-13(17-22-10)15(20)19-8-12-11(7-18(2)3)14-4-5-16(12,9-19)21-14/h6,11-12,14H,4-5,7-9H2,1-3H3/t11-,12+,14+,16+/m1/s1. The molecule has 1 amide bonds. The lowest BCUT2D eigenvalue weighted by atomic mass is 9.73. The first-order chi connectivity index (χ1) is 10.5. The second-order valence-electron chi connectivity index (χ2n) is 7.30. The fourth-order valence-corrected chi connectivity index (χ4v) is 4.64. The minimum Gasteiger partial charge on any atom is -0.369 e. The summed E-state index contributed by atoms with van der Waals surface area (Å²) in [6.45, 7) is 4.31. The molecule has 0 unspecified atom stereocenters. The Labute approximate surface area is 130 Å². The minimum absolute atomic E-state index is 0.0312. The lowest BCUT2D eigenvalue weighted by Gasteiger charge is -2.30. The van der Waals surface area contributed by atoms with Crippen LogP contribution in [0.4, 0.5) is 0 Å². The monoisotopic (exact) mass is 305 g/mol. The molecule has 0 radical (unpaired) electrons. The normalized spacial score (nSPS) is 36.4. The van der Waals surface area contributed by atoms with E-state index in [9.17, 15) is 4.79 Å². The van der Waals surface area contributed by atoms with Crippen molar-refractivity contribution < 1.29 is 14.1 Å². The Kier molecular flexibility index (Phi) is 3.10. The number of ether oxygens (including phenoxy) is 1. The number of hydrogen-bond donors (Lipinski definition) is 0. The summed E-state index contributed by atoms with van der Waals surface area (Å²) < 4.78 is 11.4. The molecule has 4 rings (SSSR count). The largest absolute Gasteiger partial charge is 0.369 e. The molecule has 6 nitrogen and oxygen atoms in total. The van der Waals surface area contributed by atoms with Gasteiger partial charge in [0, 0.05) is 31.0 Å². The molecule has 3 fully saturated rings. The van der Waals surface area contributed by atoms with Crippen LogP contribution in [-0.4, -0.2) is 66.3 Å². The molecule has 1 aromatic rings. The van der Waals surface area contributed by atoms with Gasteiger partial charge in [0.1, 0.15) is 5.76 Å². The van der Waals surface area contributed by atoms with E-state index in [4.69, 9.17) is 9.26 Å². The fraction of sp³-hybridized carbons (Fsp3) is 0.750. The molecule has 120 valence electrons. The molecule has 3 aliphatic rings. The van der Waals surface area contributed by atoms with Crippen molar-refractivity contribution in [2.24, 2.45) is 11.8 Å². The zero-order valence-corrected chi connectivity index (χ0v) is 13.4. The Morgan fingerprint density at radius 3 is 3.05 bits per heavy atom. The van der Waals surface area contributed by atoms with Gasteiger partial charge in [-0.2, -0.15) is 0 Å². The smallest absolute Gasteiger partial charge is 0.276 e. The number of likely N-dealkylation sites (tertiary alicyclic amines) is 1. The average Bonchev–Trinajstić information content (AvgIpc) is 3.18. The van der Waals surface area contributed by atoms with Crippen LogP contribution in [-0.2, 0) is 4.74 Å². The number of aromatic nitrogens is 1. The molecule has 3 aliphatic heterocycles. The summed E-state index contributed by atoms with van der Waals surface area (Å²) in [6, 6.07) is 1.71. The molecule has 1 spiro atoms. The highest BCUT2D eigenvalue weighted by atomic mass is 16.5. The number of amides is 1. The van der Waals surface area contributed by atoms with Gasteiger partial charge in [-0.1, -0.05) is 5.16 Å². The van der Waals surface area contributed by atoms with E-state index in [0.29, 0.717) is 35.9 Å². The third-order valence-electron chi connectivity index (χ3n) is 5.49.